The molecule has 1 saturated heterocycles. The molecule has 3 saturated carbocycles. The minimum Gasteiger partial charge on any atom is -0.449 e. The zero-order valence-corrected chi connectivity index (χ0v) is 25.5. The molecule has 8 atom stereocenters. The number of ether oxygens (including phenoxy) is 2. The number of aliphatic hydroxyl groups excluding tert-OH is 1. The number of esters is 1. The molecule has 236 valence electrons. The van der Waals surface area contributed by atoms with Crippen LogP contribution in [0.4, 0.5) is 13.2 Å². The number of carbonyl (C=O) groups excluding carboxylic acids is 2. The molecule has 4 aliphatic carbocycles. The van der Waals surface area contributed by atoms with Gasteiger partial charge in [0.25, 0.3) is 0 Å². The van der Waals surface area contributed by atoms with Gasteiger partial charge in [-0.15, -0.1) is 0 Å². The molecule has 0 bridgehead atoms. The molecule has 44 heavy (non-hydrogen) atoms. The number of pyridine rings is 1. The number of hydrogen-bond donors (Lipinski definition) is 1. The largest absolute Gasteiger partial charge is 0.449 e. The smallest absolute Gasteiger partial charge is 0.312 e. The molecule has 5 aliphatic rings. The number of halogens is 3. The number of carbonyl (C=O) groups is 2. The summed E-state index contributed by atoms with van der Waals surface area (Å²) in [5.41, 5.74) is -2.81. The Morgan fingerprint density at radius 1 is 1.20 bits per heavy atom. The first kappa shape index (κ1) is 30.0. The van der Waals surface area contributed by atoms with Crippen molar-refractivity contribution in [2.24, 2.45) is 28.6 Å². The van der Waals surface area contributed by atoms with Crippen LogP contribution in [0.3, 0.4) is 0 Å². The fraction of sp³-hybridized carbons (Fsp3) is 0.625. The first-order valence-electron chi connectivity index (χ1n) is 15.3. The van der Waals surface area contributed by atoms with Gasteiger partial charge in [0.15, 0.2) is 5.60 Å². The van der Waals surface area contributed by atoms with Gasteiger partial charge in [0.1, 0.15) is 11.7 Å². The predicted molar refractivity (Wildman–Crippen MR) is 155 cm³/mol. The fourth-order valence-corrected chi connectivity index (χ4v) is 10.1. The Kier molecular flexibility index (Phi) is 7.10. The Labute approximate surface area is 257 Å². The van der Waals surface area contributed by atoms with Crippen LogP contribution in [0.2, 0.25) is 0 Å². The number of rotatable bonds is 5. The van der Waals surface area contributed by atoms with Crippen molar-refractivity contribution < 1.29 is 37.3 Å². The first-order chi connectivity index (χ1) is 21.0. The highest BCUT2D eigenvalue weighted by atomic mass is 32.2. The van der Waals surface area contributed by atoms with E-state index in [1.54, 1.807) is 16.9 Å². The second-order valence-electron chi connectivity index (χ2n) is 13.5. The van der Waals surface area contributed by atoms with E-state index in [0.717, 1.165) is 16.8 Å². The van der Waals surface area contributed by atoms with Crippen LogP contribution in [-0.2, 0) is 25.5 Å². The summed E-state index contributed by atoms with van der Waals surface area (Å²) < 4.78 is 58.3. The van der Waals surface area contributed by atoms with E-state index in [0.29, 0.717) is 56.2 Å². The third kappa shape index (κ3) is 3.98. The van der Waals surface area contributed by atoms with E-state index in [1.807, 2.05) is 19.9 Å². The molecule has 0 spiro atoms. The van der Waals surface area contributed by atoms with Gasteiger partial charge in [-0.1, -0.05) is 19.4 Å². The van der Waals surface area contributed by atoms with Crippen molar-refractivity contribution in [2.45, 2.75) is 76.2 Å². The first-order valence-corrected chi connectivity index (χ1v) is 16.3. The minimum atomic E-state index is -2.03. The van der Waals surface area contributed by atoms with Crippen LogP contribution in [0, 0.1) is 34.5 Å². The van der Waals surface area contributed by atoms with Crippen molar-refractivity contribution in [1.29, 1.82) is 0 Å². The van der Waals surface area contributed by atoms with E-state index in [4.69, 9.17) is 9.47 Å². The Hall–Kier alpha value is -2.70. The molecule has 3 heterocycles. The van der Waals surface area contributed by atoms with Gasteiger partial charge in [-0.3, -0.25) is 9.59 Å². The number of thioether (sulfide) groups is 1. The zero-order chi connectivity index (χ0) is 31.1. The van der Waals surface area contributed by atoms with Crippen LogP contribution in [0.15, 0.2) is 30.1 Å². The van der Waals surface area contributed by atoms with Crippen molar-refractivity contribution in [2.75, 3.05) is 19.2 Å². The third-order valence-corrected chi connectivity index (χ3v) is 12.4. The lowest BCUT2D eigenvalue weighted by molar-refractivity contribution is -0.229. The number of alkyl halides is 2. The highest BCUT2D eigenvalue weighted by Crippen LogP contribution is 2.71. The van der Waals surface area contributed by atoms with Gasteiger partial charge in [0.2, 0.25) is 11.1 Å². The Morgan fingerprint density at radius 3 is 2.73 bits per heavy atom. The Morgan fingerprint density at radius 2 is 2.02 bits per heavy atom. The maximum atomic E-state index is 18.1. The van der Waals surface area contributed by atoms with Gasteiger partial charge in [-0.2, -0.15) is 9.49 Å². The van der Waals surface area contributed by atoms with Crippen LogP contribution in [0.5, 0.6) is 0 Å². The Balaban J connectivity index is 1.25. The standard InChI is InChI=1S/C32H36F3N3O5S/c1-29-12-19-14-37-38(21-4-6-26(34)36-15-21)24(19)11-20(29)3-5-23-22-7-9-31(28(41)44-17-33,43-27(40)18-8-10-42-16-18)30(22,2)13-25(39)32(23,29)35/h4,6,11,14-15,18,22-23,25,39H,3,5,7-10,12-13,16-17H2,1-2H3/t18?,22-,23?,25?,29?,30?,31?,32-/m0/s1. The quantitative estimate of drug-likeness (QED) is 0.357. The van der Waals surface area contributed by atoms with Gasteiger partial charge in [-0.05, 0) is 86.4 Å². The van der Waals surface area contributed by atoms with Crippen molar-refractivity contribution in [3.05, 3.63) is 47.3 Å². The number of hydrogen-bond acceptors (Lipinski definition) is 8. The van der Waals surface area contributed by atoms with Crippen LogP contribution in [-0.4, -0.2) is 67.5 Å². The molecule has 8 nitrogen and oxygen atoms in total. The highest BCUT2D eigenvalue weighted by molar-refractivity contribution is 8.13. The van der Waals surface area contributed by atoms with Crippen molar-refractivity contribution in [3.63, 3.8) is 0 Å². The maximum absolute atomic E-state index is 18.1. The zero-order valence-electron chi connectivity index (χ0n) is 24.7. The molecular formula is C32H36F3N3O5S. The summed E-state index contributed by atoms with van der Waals surface area (Å²) in [5.74, 6) is -2.66. The fourth-order valence-electron chi connectivity index (χ4n) is 9.43. The summed E-state index contributed by atoms with van der Waals surface area (Å²) in [6.07, 6.45) is 5.81. The molecule has 1 N–H and O–H groups in total. The van der Waals surface area contributed by atoms with Gasteiger partial charge < -0.3 is 14.6 Å². The number of allylic oxidation sites excluding steroid dienone is 1. The lowest BCUT2D eigenvalue weighted by atomic mass is 9.44. The van der Waals surface area contributed by atoms with E-state index in [-0.39, 0.29) is 25.4 Å². The number of aromatic nitrogens is 3. The third-order valence-electron chi connectivity index (χ3n) is 11.7. The second kappa shape index (κ2) is 10.4. The Bertz CT molecular complexity index is 1530. The maximum Gasteiger partial charge on any atom is 0.312 e. The molecule has 0 radical (unpaired) electrons. The molecular weight excluding hydrogens is 595 g/mol. The van der Waals surface area contributed by atoms with Gasteiger partial charge in [0, 0.05) is 23.4 Å². The SMILES string of the molecule is CC12CC(O)[C@@]3(F)C(CCC4=Cc5c(cnn5-c5ccc(F)nc5)CC43C)[C@@H]1CCC2(OC(=O)C1CCOC1)C(=O)SCF. The van der Waals surface area contributed by atoms with Crippen LogP contribution >= 0.6 is 11.8 Å². The summed E-state index contributed by atoms with van der Waals surface area (Å²) >= 11 is 0.474. The average molecular weight is 632 g/mol. The van der Waals surface area contributed by atoms with E-state index in [2.05, 4.69) is 10.1 Å². The van der Waals surface area contributed by atoms with Crippen molar-refractivity contribution in [3.8, 4) is 5.69 Å². The summed E-state index contributed by atoms with van der Waals surface area (Å²) in [5, 5.41) is 15.8. The number of nitrogens with zero attached hydrogens (tertiary/aromatic N) is 3. The lowest BCUT2D eigenvalue weighted by Crippen LogP contribution is -2.70. The summed E-state index contributed by atoms with van der Waals surface area (Å²) in [6, 6.07) is 1.88. The van der Waals surface area contributed by atoms with Crippen LogP contribution < -0.4 is 0 Å². The molecule has 2 aromatic heterocycles. The van der Waals surface area contributed by atoms with E-state index < -0.39 is 63.1 Å². The molecule has 0 amide bonds. The second-order valence-corrected chi connectivity index (χ2v) is 14.4. The van der Waals surface area contributed by atoms with E-state index >= 15 is 4.39 Å². The van der Waals surface area contributed by atoms with E-state index in [1.165, 1.54) is 12.3 Å². The monoisotopic (exact) mass is 631 g/mol. The van der Waals surface area contributed by atoms with Gasteiger partial charge in [0.05, 0.1) is 42.4 Å². The van der Waals surface area contributed by atoms with Crippen molar-refractivity contribution >= 4 is 28.9 Å². The summed E-state index contributed by atoms with van der Waals surface area (Å²) in [6.45, 7) is 4.29. The molecule has 4 fully saturated rings. The molecule has 7 rings (SSSR count). The average Bonchev–Trinajstić information content (AvgIpc) is 3.73. The van der Waals surface area contributed by atoms with Crippen LogP contribution in [0.1, 0.15) is 63.6 Å². The van der Waals surface area contributed by atoms with E-state index in [9.17, 15) is 23.5 Å². The summed E-state index contributed by atoms with van der Waals surface area (Å²) in [7, 11) is 0. The number of fused-ring (bicyclic) bond motifs is 6. The van der Waals surface area contributed by atoms with Crippen molar-refractivity contribution in [1.82, 2.24) is 14.8 Å². The minimum absolute atomic E-state index is 0.103. The molecule has 2 aromatic rings. The molecule has 12 heteroatoms. The molecule has 6 unspecified atom stereocenters. The molecule has 0 aromatic carbocycles. The topological polar surface area (TPSA) is 104 Å². The van der Waals surface area contributed by atoms with Gasteiger partial charge >= 0.3 is 5.97 Å². The lowest BCUT2D eigenvalue weighted by Gasteiger charge is -2.63. The normalized spacial score (nSPS) is 39.1. The number of aliphatic hydroxyl groups is 1. The predicted octanol–water partition coefficient (Wildman–Crippen LogP) is 5.16. The van der Waals surface area contributed by atoms with Crippen LogP contribution in [0.25, 0.3) is 11.8 Å². The summed E-state index contributed by atoms with van der Waals surface area (Å²) in [4.78, 5) is 30.7. The van der Waals surface area contributed by atoms with Gasteiger partial charge in [-0.25, -0.2) is 18.4 Å². The molecule has 1 aliphatic heterocycles. The highest BCUT2D eigenvalue weighted by Gasteiger charge is 2.76.